The van der Waals surface area contributed by atoms with Gasteiger partial charge in [-0.05, 0) is 84.2 Å². The predicted octanol–water partition coefficient (Wildman–Crippen LogP) is 8.50. The zero-order chi connectivity index (χ0) is 25.3. The number of alkyl halides is 2. The number of hydrogen-bond donors (Lipinski definition) is 0. The topological polar surface area (TPSA) is 9.23 Å². The summed E-state index contributed by atoms with van der Waals surface area (Å²) in [6.45, 7) is -0.638. The monoisotopic (exact) mass is 486 g/mol. The number of aryl methyl sites for hydroxylation is 3. The van der Waals surface area contributed by atoms with E-state index in [0.29, 0.717) is 23.8 Å². The van der Waals surface area contributed by atoms with Crippen molar-refractivity contribution in [3.8, 4) is 17.6 Å². The fourth-order valence-electron chi connectivity index (χ4n) is 4.20. The summed E-state index contributed by atoms with van der Waals surface area (Å²) in [7, 11) is 0. The van der Waals surface area contributed by atoms with Crippen LogP contribution in [0.1, 0.15) is 54.0 Å². The third-order valence-electron chi connectivity index (χ3n) is 6.24. The van der Waals surface area contributed by atoms with Gasteiger partial charge in [-0.1, -0.05) is 74.1 Å². The first-order valence-corrected chi connectivity index (χ1v) is 12.4. The van der Waals surface area contributed by atoms with Crippen LogP contribution in [0.2, 0.25) is 0 Å². The highest BCUT2D eigenvalue weighted by atomic mass is 19.3. The van der Waals surface area contributed by atoms with E-state index in [4.69, 9.17) is 0 Å². The minimum absolute atomic E-state index is 0.115. The maximum atomic E-state index is 15.2. The van der Waals surface area contributed by atoms with Crippen molar-refractivity contribution in [1.82, 2.24) is 0 Å². The lowest BCUT2D eigenvalue weighted by atomic mass is 9.99. The molecule has 0 unspecified atom stereocenters. The van der Waals surface area contributed by atoms with E-state index in [2.05, 4.69) is 47.8 Å². The first kappa shape index (κ1) is 25.4. The van der Waals surface area contributed by atoms with Gasteiger partial charge in [0.15, 0.2) is 0 Å². The van der Waals surface area contributed by atoms with E-state index in [0.717, 1.165) is 28.5 Å². The Balaban J connectivity index is 1.41. The molecule has 4 aromatic rings. The van der Waals surface area contributed by atoms with Crippen molar-refractivity contribution in [2.75, 3.05) is 0 Å². The van der Waals surface area contributed by atoms with Gasteiger partial charge < -0.3 is 4.74 Å². The van der Waals surface area contributed by atoms with E-state index in [1.165, 1.54) is 37.0 Å². The zero-order valence-corrected chi connectivity index (χ0v) is 20.4. The van der Waals surface area contributed by atoms with Crippen LogP contribution in [0.5, 0.6) is 5.75 Å². The number of hydrogen-bond acceptors (Lipinski definition) is 1. The number of ether oxygens (including phenoxy) is 1. The minimum Gasteiger partial charge on any atom is -0.435 e. The van der Waals surface area contributed by atoms with Crippen molar-refractivity contribution in [2.45, 2.75) is 52.1 Å². The Bertz CT molecular complexity index is 1350. The molecule has 0 amide bonds. The average Bonchev–Trinajstić information content (AvgIpc) is 2.88. The van der Waals surface area contributed by atoms with Crippen LogP contribution >= 0.6 is 0 Å². The Labute approximate surface area is 210 Å². The molecule has 4 heteroatoms. The normalized spacial score (nSPS) is 10.9. The number of rotatable bonds is 9. The van der Waals surface area contributed by atoms with Crippen molar-refractivity contribution in [1.29, 1.82) is 0 Å². The number of halogens is 3. The van der Waals surface area contributed by atoms with Gasteiger partial charge in [0, 0.05) is 16.5 Å². The van der Waals surface area contributed by atoms with Gasteiger partial charge >= 0.3 is 6.61 Å². The molecule has 0 saturated carbocycles. The van der Waals surface area contributed by atoms with Crippen LogP contribution in [-0.4, -0.2) is 6.61 Å². The summed E-state index contributed by atoms with van der Waals surface area (Å²) in [5.74, 6) is 6.28. The van der Waals surface area contributed by atoms with Crippen LogP contribution < -0.4 is 4.74 Å². The second-order valence-corrected chi connectivity index (χ2v) is 8.90. The fourth-order valence-corrected chi connectivity index (χ4v) is 4.20. The fraction of sp³-hybridized carbons (Fsp3) is 0.250. The van der Waals surface area contributed by atoms with Gasteiger partial charge in [0.2, 0.25) is 0 Å². The third kappa shape index (κ3) is 6.92. The molecular weight excluding hydrogens is 457 g/mol. The van der Waals surface area contributed by atoms with E-state index in [-0.39, 0.29) is 11.6 Å². The maximum absolute atomic E-state index is 15.2. The Morgan fingerprint density at radius 2 is 1.39 bits per heavy atom. The lowest BCUT2D eigenvalue weighted by Crippen LogP contribution is -2.02. The molecule has 0 aliphatic heterocycles. The summed E-state index contributed by atoms with van der Waals surface area (Å²) in [5.41, 5.74) is 4.69. The maximum Gasteiger partial charge on any atom is 0.387 e. The van der Waals surface area contributed by atoms with Gasteiger partial charge in [-0.15, -0.1) is 0 Å². The molecule has 0 atom stereocenters. The van der Waals surface area contributed by atoms with Crippen molar-refractivity contribution >= 4 is 10.8 Å². The summed E-state index contributed by atoms with van der Waals surface area (Å²) >= 11 is 0. The molecule has 0 fully saturated rings. The van der Waals surface area contributed by atoms with Crippen LogP contribution in [0.3, 0.4) is 0 Å². The summed E-state index contributed by atoms with van der Waals surface area (Å²) in [6, 6.07) is 24.1. The van der Waals surface area contributed by atoms with Crippen LogP contribution in [-0.2, 0) is 19.3 Å². The number of benzene rings is 4. The van der Waals surface area contributed by atoms with Crippen molar-refractivity contribution < 1.29 is 17.9 Å². The summed E-state index contributed by atoms with van der Waals surface area (Å²) in [4.78, 5) is 0. The van der Waals surface area contributed by atoms with Crippen LogP contribution in [0.4, 0.5) is 13.2 Å². The Hall–Kier alpha value is -3.71. The van der Waals surface area contributed by atoms with Crippen LogP contribution in [0, 0.1) is 17.7 Å². The summed E-state index contributed by atoms with van der Waals surface area (Å²) in [5, 5.41) is 1.37. The third-order valence-corrected chi connectivity index (χ3v) is 6.24. The number of unbranched alkanes of at least 4 members (excludes halogenated alkanes) is 2. The molecule has 0 aliphatic carbocycles. The minimum atomic E-state index is -2.85. The summed E-state index contributed by atoms with van der Waals surface area (Å²) < 4.78 is 44.1. The standard InChI is InChI=1S/C32H29F3O/c1-2-3-4-5-23-6-8-24(9-7-23)10-11-26-15-21-30-28(22-26)18-17-27(31(30)33)16-12-25-13-19-29(20-14-25)36-32(34)35/h6-9,13-15,17-22,32H,2-5,12,16H2,1H3. The lowest BCUT2D eigenvalue weighted by Gasteiger charge is -2.08. The largest absolute Gasteiger partial charge is 0.435 e. The highest BCUT2D eigenvalue weighted by Crippen LogP contribution is 2.24. The molecular formula is C32H29F3O. The quantitative estimate of drug-likeness (QED) is 0.170. The molecule has 1 nitrogen and oxygen atoms in total. The number of fused-ring (bicyclic) bond motifs is 1. The van der Waals surface area contributed by atoms with Gasteiger partial charge in [-0.2, -0.15) is 8.78 Å². The van der Waals surface area contributed by atoms with E-state index < -0.39 is 6.61 Å². The van der Waals surface area contributed by atoms with Crippen molar-refractivity contribution in [3.63, 3.8) is 0 Å². The van der Waals surface area contributed by atoms with Crippen LogP contribution in [0.15, 0.2) is 78.9 Å². The predicted molar refractivity (Wildman–Crippen MR) is 140 cm³/mol. The van der Waals surface area contributed by atoms with Gasteiger partial charge in [0.05, 0.1) is 0 Å². The van der Waals surface area contributed by atoms with Crippen LogP contribution in [0.25, 0.3) is 10.8 Å². The van der Waals surface area contributed by atoms with Gasteiger partial charge in [0.1, 0.15) is 11.6 Å². The molecule has 0 spiro atoms. The molecule has 0 heterocycles. The lowest BCUT2D eigenvalue weighted by molar-refractivity contribution is -0.0498. The zero-order valence-electron chi connectivity index (χ0n) is 20.4. The van der Waals surface area contributed by atoms with Gasteiger partial charge in [-0.3, -0.25) is 0 Å². The molecule has 184 valence electrons. The molecule has 4 rings (SSSR count). The average molecular weight is 487 g/mol. The molecule has 0 radical (unpaired) electrons. The SMILES string of the molecule is CCCCCc1ccc(C#Cc2ccc3c(F)c(CCc4ccc(OC(F)F)cc4)ccc3c2)cc1. The molecule has 4 aromatic carbocycles. The van der Waals surface area contributed by atoms with Gasteiger partial charge in [-0.25, -0.2) is 4.39 Å². The van der Waals surface area contributed by atoms with E-state index >= 15 is 4.39 Å². The molecule has 0 N–H and O–H groups in total. The van der Waals surface area contributed by atoms with E-state index in [1.807, 2.05) is 18.2 Å². The highest BCUT2D eigenvalue weighted by Gasteiger charge is 2.09. The van der Waals surface area contributed by atoms with E-state index in [1.54, 1.807) is 24.3 Å². The van der Waals surface area contributed by atoms with Gasteiger partial charge in [0.25, 0.3) is 0 Å². The Morgan fingerprint density at radius 3 is 2.11 bits per heavy atom. The van der Waals surface area contributed by atoms with Crippen molar-refractivity contribution in [3.05, 3.63) is 112 Å². The molecule has 0 aliphatic rings. The first-order valence-electron chi connectivity index (χ1n) is 12.4. The summed E-state index contributed by atoms with van der Waals surface area (Å²) in [6.07, 6.45) is 5.88. The molecule has 36 heavy (non-hydrogen) atoms. The first-order chi connectivity index (χ1) is 17.5. The molecule has 0 saturated heterocycles. The smallest absolute Gasteiger partial charge is 0.387 e. The Morgan fingerprint density at radius 1 is 0.722 bits per heavy atom. The Kier molecular flexibility index (Phi) is 8.68. The highest BCUT2D eigenvalue weighted by molar-refractivity contribution is 5.85. The molecule has 0 bridgehead atoms. The molecule has 0 aromatic heterocycles. The second-order valence-electron chi connectivity index (χ2n) is 8.90. The second kappa shape index (κ2) is 12.3. The van der Waals surface area contributed by atoms with Crippen molar-refractivity contribution in [2.24, 2.45) is 0 Å². The van der Waals surface area contributed by atoms with E-state index in [9.17, 15) is 8.78 Å².